The molecule has 0 radical (unpaired) electrons. The first-order valence-electron chi connectivity index (χ1n) is 5.72. The lowest BCUT2D eigenvalue weighted by Crippen LogP contribution is -2.71. The van der Waals surface area contributed by atoms with E-state index in [1.54, 1.807) is 0 Å². The molecule has 1 aliphatic rings. The number of hydrogen-bond donors (Lipinski definition) is 1. The zero-order chi connectivity index (χ0) is 12.5. The third kappa shape index (κ3) is 2.53. The minimum Gasteiger partial charge on any atom is -0.477 e. The number of hydrogen-bond acceptors (Lipinski definition) is 3. The Kier molecular flexibility index (Phi) is 3.93. The summed E-state index contributed by atoms with van der Waals surface area (Å²) in [7, 11) is 8.13. The number of carboxylic acids is 1. The van der Waals surface area contributed by atoms with E-state index in [0.717, 1.165) is 13.0 Å². The van der Waals surface area contributed by atoms with Crippen LogP contribution in [0.3, 0.4) is 0 Å². The van der Waals surface area contributed by atoms with Crippen LogP contribution >= 0.6 is 0 Å². The third-order valence-electron chi connectivity index (χ3n) is 3.63. The van der Waals surface area contributed by atoms with Gasteiger partial charge in [0.25, 0.3) is 0 Å². The number of carbonyl (C=O) groups is 1. The summed E-state index contributed by atoms with van der Waals surface area (Å²) in [6, 6.07) is 0.507. The zero-order valence-electron chi connectivity index (χ0n) is 11.0. The molecule has 5 heteroatoms. The molecule has 1 N–H and O–H groups in total. The molecule has 94 valence electrons. The standard InChI is InChI=1S/C11H23N3O2/c1-9-6-7-14(5,8-10(15)16)11(12(2)3)13(9)4/h9,11H,6-8H2,1-5H3/p+1. The molecule has 0 amide bonds. The molecule has 0 spiro atoms. The van der Waals surface area contributed by atoms with Crippen LogP contribution < -0.4 is 0 Å². The summed E-state index contributed by atoms with van der Waals surface area (Å²) in [5, 5.41) is 9.03. The number of likely N-dealkylation sites (N-methyl/N-ethyl adjacent to an activating group) is 1. The molecular weight excluding hydrogens is 206 g/mol. The molecule has 0 bridgehead atoms. The highest BCUT2D eigenvalue weighted by molar-refractivity contribution is 5.67. The SMILES string of the molecule is CC1CC[N+](C)(CC(=O)O)C(N(C)C)N1C. The van der Waals surface area contributed by atoms with Crippen LogP contribution in [0.25, 0.3) is 0 Å². The first-order chi connectivity index (χ1) is 7.28. The van der Waals surface area contributed by atoms with Crippen LogP contribution in [0.1, 0.15) is 13.3 Å². The summed E-state index contributed by atoms with van der Waals surface area (Å²) in [5.41, 5.74) is 0. The van der Waals surface area contributed by atoms with E-state index in [-0.39, 0.29) is 12.8 Å². The highest BCUT2D eigenvalue weighted by Gasteiger charge is 2.44. The molecule has 0 aliphatic carbocycles. The molecule has 1 aliphatic heterocycles. The van der Waals surface area contributed by atoms with Crippen molar-refractivity contribution in [1.29, 1.82) is 0 Å². The Morgan fingerprint density at radius 3 is 2.56 bits per heavy atom. The number of nitrogens with zero attached hydrogens (tertiary/aromatic N) is 3. The van der Waals surface area contributed by atoms with Gasteiger partial charge in [-0.3, -0.25) is 4.48 Å². The lowest BCUT2D eigenvalue weighted by atomic mass is 10.1. The molecule has 1 rings (SSSR count). The van der Waals surface area contributed by atoms with E-state index in [1.807, 2.05) is 21.1 Å². The Hall–Kier alpha value is -0.650. The van der Waals surface area contributed by atoms with Crippen molar-refractivity contribution in [1.82, 2.24) is 9.80 Å². The van der Waals surface area contributed by atoms with E-state index in [1.165, 1.54) is 0 Å². The average molecular weight is 230 g/mol. The second-order valence-corrected chi connectivity index (χ2v) is 5.37. The van der Waals surface area contributed by atoms with Crippen LogP contribution in [-0.4, -0.2) is 79.0 Å². The summed E-state index contributed by atoms with van der Waals surface area (Å²) in [6.45, 7) is 3.29. The van der Waals surface area contributed by atoms with Crippen molar-refractivity contribution >= 4 is 5.97 Å². The Morgan fingerprint density at radius 1 is 1.56 bits per heavy atom. The van der Waals surface area contributed by atoms with Crippen LogP contribution in [0.2, 0.25) is 0 Å². The van der Waals surface area contributed by atoms with Crippen LogP contribution in [-0.2, 0) is 4.79 Å². The topological polar surface area (TPSA) is 43.8 Å². The Morgan fingerprint density at radius 2 is 2.12 bits per heavy atom. The quantitative estimate of drug-likeness (QED) is 0.698. The molecule has 1 saturated heterocycles. The molecule has 16 heavy (non-hydrogen) atoms. The number of carboxylic acid groups (broad SMARTS) is 1. The van der Waals surface area contributed by atoms with E-state index in [2.05, 4.69) is 23.8 Å². The predicted octanol–water partition coefficient (Wildman–Crippen LogP) is 0.0868. The summed E-state index contributed by atoms with van der Waals surface area (Å²) in [5.74, 6) is -0.725. The van der Waals surface area contributed by atoms with Crippen molar-refractivity contribution in [2.45, 2.75) is 25.7 Å². The van der Waals surface area contributed by atoms with Crippen molar-refractivity contribution in [3.63, 3.8) is 0 Å². The zero-order valence-corrected chi connectivity index (χ0v) is 11.0. The van der Waals surface area contributed by atoms with Gasteiger partial charge in [-0.1, -0.05) is 0 Å². The minimum absolute atomic E-state index is 0.139. The predicted molar refractivity (Wildman–Crippen MR) is 62.9 cm³/mol. The highest BCUT2D eigenvalue weighted by atomic mass is 16.4. The summed E-state index contributed by atoms with van der Waals surface area (Å²) in [6.07, 6.45) is 1.18. The maximum atomic E-state index is 11.0. The van der Waals surface area contributed by atoms with Crippen molar-refractivity contribution in [2.24, 2.45) is 0 Å². The van der Waals surface area contributed by atoms with E-state index in [9.17, 15) is 4.79 Å². The molecule has 0 aromatic heterocycles. The Bertz CT molecular complexity index is 270. The molecule has 0 aromatic carbocycles. The second-order valence-electron chi connectivity index (χ2n) is 5.37. The van der Waals surface area contributed by atoms with E-state index in [0.29, 0.717) is 10.5 Å². The lowest BCUT2D eigenvalue weighted by molar-refractivity contribution is -0.956. The average Bonchev–Trinajstić information content (AvgIpc) is 2.10. The van der Waals surface area contributed by atoms with Gasteiger partial charge >= 0.3 is 5.97 Å². The molecule has 1 fully saturated rings. The van der Waals surface area contributed by atoms with Crippen LogP contribution in [0, 0.1) is 0 Å². The van der Waals surface area contributed by atoms with Gasteiger partial charge in [0.15, 0.2) is 6.54 Å². The van der Waals surface area contributed by atoms with Gasteiger partial charge in [-0.15, -0.1) is 0 Å². The Balaban J connectivity index is 2.93. The fourth-order valence-electron chi connectivity index (χ4n) is 2.86. The van der Waals surface area contributed by atoms with Gasteiger partial charge in [0.2, 0.25) is 6.29 Å². The maximum Gasteiger partial charge on any atom is 0.359 e. The van der Waals surface area contributed by atoms with Crippen LogP contribution in [0.5, 0.6) is 0 Å². The van der Waals surface area contributed by atoms with Gasteiger partial charge < -0.3 is 5.11 Å². The second kappa shape index (κ2) is 4.69. The lowest BCUT2D eigenvalue weighted by Gasteiger charge is -2.52. The fraction of sp³-hybridized carbons (Fsp3) is 0.909. The van der Waals surface area contributed by atoms with Gasteiger partial charge in [0, 0.05) is 12.5 Å². The summed E-state index contributed by atoms with van der Waals surface area (Å²) < 4.78 is 0.559. The number of quaternary nitrogens is 1. The largest absolute Gasteiger partial charge is 0.477 e. The highest BCUT2D eigenvalue weighted by Crippen LogP contribution is 2.25. The van der Waals surface area contributed by atoms with Gasteiger partial charge in [0.1, 0.15) is 0 Å². The van der Waals surface area contributed by atoms with Crippen LogP contribution in [0.4, 0.5) is 0 Å². The molecule has 0 aromatic rings. The van der Waals surface area contributed by atoms with E-state index < -0.39 is 5.97 Å². The van der Waals surface area contributed by atoms with E-state index in [4.69, 9.17) is 5.11 Å². The van der Waals surface area contributed by atoms with E-state index >= 15 is 0 Å². The van der Waals surface area contributed by atoms with Gasteiger partial charge in [-0.25, -0.2) is 14.6 Å². The fourth-order valence-corrected chi connectivity index (χ4v) is 2.86. The monoisotopic (exact) mass is 230 g/mol. The molecule has 0 saturated carbocycles. The first kappa shape index (κ1) is 13.4. The minimum atomic E-state index is -0.725. The third-order valence-corrected chi connectivity index (χ3v) is 3.63. The van der Waals surface area contributed by atoms with Gasteiger partial charge in [-0.05, 0) is 28.1 Å². The van der Waals surface area contributed by atoms with Crippen molar-refractivity contribution in [3.8, 4) is 0 Å². The van der Waals surface area contributed by atoms with Crippen LogP contribution in [0.15, 0.2) is 0 Å². The molecule has 5 nitrogen and oxygen atoms in total. The molecular formula is C11H24N3O2+. The van der Waals surface area contributed by atoms with Crippen molar-refractivity contribution < 1.29 is 14.4 Å². The van der Waals surface area contributed by atoms with Crippen molar-refractivity contribution in [3.05, 3.63) is 0 Å². The normalized spacial score (nSPS) is 36.6. The smallest absolute Gasteiger partial charge is 0.359 e. The maximum absolute atomic E-state index is 11.0. The molecule has 3 atom stereocenters. The van der Waals surface area contributed by atoms with Gasteiger partial charge in [-0.2, -0.15) is 0 Å². The van der Waals surface area contributed by atoms with Gasteiger partial charge in [0.05, 0.1) is 13.6 Å². The summed E-state index contributed by atoms with van der Waals surface area (Å²) in [4.78, 5) is 15.4. The molecule has 3 unspecified atom stereocenters. The number of aliphatic carboxylic acids is 1. The summed E-state index contributed by atoms with van der Waals surface area (Å²) >= 11 is 0. The Labute approximate surface area is 97.8 Å². The first-order valence-corrected chi connectivity index (χ1v) is 5.72. The number of rotatable bonds is 3. The molecule has 1 heterocycles. The van der Waals surface area contributed by atoms with Crippen molar-refractivity contribution in [2.75, 3.05) is 41.3 Å².